The molecular weight excluding hydrogens is 248 g/mol. The van der Waals surface area contributed by atoms with Crippen LogP contribution in [-0.2, 0) is 23.7 Å². The van der Waals surface area contributed by atoms with Crippen LogP contribution in [-0.4, -0.2) is 42.3 Å². The molecule has 5 atom stereocenters. The molecule has 0 unspecified atom stereocenters. The lowest BCUT2D eigenvalue weighted by Crippen LogP contribution is -2.54. The van der Waals surface area contributed by atoms with Crippen LogP contribution >= 0.6 is 0 Å². The SMILES string of the molecule is C/C=C/[C@H]1O[C@@H]2OC(C)(C)O[C@@H]2[C@H]2OC(C)(C)O[C@H]21. The Labute approximate surface area is 113 Å². The average molecular weight is 270 g/mol. The molecule has 3 aliphatic heterocycles. The van der Waals surface area contributed by atoms with Crippen molar-refractivity contribution < 1.29 is 23.7 Å². The van der Waals surface area contributed by atoms with Crippen molar-refractivity contribution in [2.24, 2.45) is 0 Å². The number of hydrogen-bond acceptors (Lipinski definition) is 5. The van der Waals surface area contributed by atoms with Crippen molar-refractivity contribution in [3.05, 3.63) is 12.2 Å². The standard InChI is InChI=1S/C14H22O5/c1-6-7-8-9-10(17-13(2,3)16-9)11-12(15-8)19-14(4,5)18-11/h6-12H,1-5H3/b7-6+/t8-,9+,10+,11-,12-/m1/s1. The zero-order valence-electron chi connectivity index (χ0n) is 12.1. The summed E-state index contributed by atoms with van der Waals surface area (Å²) in [6.45, 7) is 9.55. The molecule has 3 rings (SSSR count). The van der Waals surface area contributed by atoms with Crippen molar-refractivity contribution in [3.8, 4) is 0 Å². The van der Waals surface area contributed by atoms with E-state index in [1.54, 1.807) is 0 Å². The molecule has 3 heterocycles. The van der Waals surface area contributed by atoms with Crippen LogP contribution in [0.25, 0.3) is 0 Å². The highest BCUT2D eigenvalue weighted by Crippen LogP contribution is 2.44. The topological polar surface area (TPSA) is 46.2 Å². The molecule has 19 heavy (non-hydrogen) atoms. The molecule has 3 aliphatic rings. The van der Waals surface area contributed by atoms with Crippen LogP contribution in [0.2, 0.25) is 0 Å². The van der Waals surface area contributed by atoms with Gasteiger partial charge in [0.15, 0.2) is 17.9 Å². The first kappa shape index (κ1) is 13.5. The van der Waals surface area contributed by atoms with Gasteiger partial charge in [0.25, 0.3) is 0 Å². The molecule has 5 heteroatoms. The normalized spacial score (nSPS) is 47.3. The van der Waals surface area contributed by atoms with Gasteiger partial charge in [0, 0.05) is 0 Å². The van der Waals surface area contributed by atoms with E-state index < -0.39 is 17.9 Å². The minimum absolute atomic E-state index is 0.162. The summed E-state index contributed by atoms with van der Waals surface area (Å²) in [6.07, 6.45) is 2.78. The molecule has 0 amide bonds. The second-order valence-electron chi connectivity index (χ2n) is 6.16. The number of fused-ring (bicyclic) bond motifs is 3. The molecule has 0 N–H and O–H groups in total. The Kier molecular flexibility index (Phi) is 3.04. The lowest BCUT2D eigenvalue weighted by atomic mass is 9.99. The Morgan fingerprint density at radius 1 is 0.789 bits per heavy atom. The Morgan fingerprint density at radius 3 is 2.05 bits per heavy atom. The van der Waals surface area contributed by atoms with Crippen molar-refractivity contribution in [3.63, 3.8) is 0 Å². The largest absolute Gasteiger partial charge is 0.342 e. The molecule has 0 spiro atoms. The zero-order chi connectivity index (χ0) is 13.8. The summed E-state index contributed by atoms with van der Waals surface area (Å²) in [4.78, 5) is 0. The van der Waals surface area contributed by atoms with E-state index in [-0.39, 0.29) is 24.4 Å². The monoisotopic (exact) mass is 270 g/mol. The zero-order valence-corrected chi connectivity index (χ0v) is 12.1. The van der Waals surface area contributed by atoms with Crippen LogP contribution in [0.3, 0.4) is 0 Å². The Bertz CT molecular complexity index is 389. The van der Waals surface area contributed by atoms with E-state index in [4.69, 9.17) is 23.7 Å². The van der Waals surface area contributed by atoms with Gasteiger partial charge in [-0.05, 0) is 34.6 Å². The van der Waals surface area contributed by atoms with Gasteiger partial charge in [-0.15, -0.1) is 0 Å². The van der Waals surface area contributed by atoms with Crippen molar-refractivity contribution in [2.45, 2.75) is 76.9 Å². The first-order chi connectivity index (χ1) is 8.81. The molecule has 0 radical (unpaired) electrons. The third kappa shape index (κ3) is 2.34. The summed E-state index contributed by atoms with van der Waals surface area (Å²) in [7, 11) is 0. The fraction of sp³-hybridized carbons (Fsp3) is 0.857. The molecule has 108 valence electrons. The second-order valence-corrected chi connectivity index (χ2v) is 6.16. The minimum Gasteiger partial charge on any atom is -0.342 e. The van der Waals surface area contributed by atoms with Gasteiger partial charge in [0.1, 0.15) is 24.4 Å². The van der Waals surface area contributed by atoms with Crippen molar-refractivity contribution in [1.82, 2.24) is 0 Å². The maximum absolute atomic E-state index is 6.00. The van der Waals surface area contributed by atoms with E-state index in [9.17, 15) is 0 Å². The quantitative estimate of drug-likeness (QED) is 0.682. The molecule has 3 saturated heterocycles. The Morgan fingerprint density at radius 2 is 1.37 bits per heavy atom. The van der Waals surface area contributed by atoms with E-state index in [1.165, 1.54) is 0 Å². The summed E-state index contributed by atoms with van der Waals surface area (Å²) < 4.78 is 29.6. The van der Waals surface area contributed by atoms with Crippen molar-refractivity contribution in [1.29, 1.82) is 0 Å². The smallest absolute Gasteiger partial charge is 0.190 e. The van der Waals surface area contributed by atoms with E-state index in [0.29, 0.717) is 0 Å². The van der Waals surface area contributed by atoms with Gasteiger partial charge >= 0.3 is 0 Å². The molecule has 0 bridgehead atoms. The molecule has 0 aromatic heterocycles. The molecule has 5 nitrogen and oxygen atoms in total. The molecule has 0 aromatic carbocycles. The summed E-state index contributed by atoms with van der Waals surface area (Å²) in [6, 6.07) is 0. The highest BCUT2D eigenvalue weighted by atomic mass is 16.9. The van der Waals surface area contributed by atoms with Crippen LogP contribution < -0.4 is 0 Å². The molecular formula is C14H22O5. The van der Waals surface area contributed by atoms with Crippen LogP contribution in [0.4, 0.5) is 0 Å². The number of ether oxygens (including phenoxy) is 5. The first-order valence-electron chi connectivity index (χ1n) is 6.81. The predicted octanol–water partition coefficient (Wildman–Crippen LogP) is 1.96. The fourth-order valence-electron chi connectivity index (χ4n) is 2.99. The summed E-state index contributed by atoms with van der Waals surface area (Å²) in [5, 5.41) is 0. The second kappa shape index (κ2) is 4.27. The van der Waals surface area contributed by atoms with Gasteiger partial charge in [0.05, 0.1) is 0 Å². The van der Waals surface area contributed by atoms with Crippen LogP contribution in [0.1, 0.15) is 34.6 Å². The lowest BCUT2D eigenvalue weighted by molar-refractivity contribution is -0.222. The lowest BCUT2D eigenvalue weighted by Gasteiger charge is -2.35. The van der Waals surface area contributed by atoms with Gasteiger partial charge in [0.2, 0.25) is 0 Å². The van der Waals surface area contributed by atoms with E-state index in [1.807, 2.05) is 46.8 Å². The first-order valence-corrected chi connectivity index (χ1v) is 6.81. The average Bonchev–Trinajstić information content (AvgIpc) is 2.74. The summed E-state index contributed by atoms with van der Waals surface area (Å²) in [5.74, 6) is -1.27. The van der Waals surface area contributed by atoms with Gasteiger partial charge in [-0.25, -0.2) is 0 Å². The molecule has 0 saturated carbocycles. The number of allylic oxidation sites excluding steroid dienone is 1. The molecule has 0 aromatic rings. The van der Waals surface area contributed by atoms with Crippen LogP contribution in [0, 0.1) is 0 Å². The number of hydrogen-bond donors (Lipinski definition) is 0. The maximum Gasteiger partial charge on any atom is 0.190 e. The van der Waals surface area contributed by atoms with Gasteiger partial charge < -0.3 is 23.7 Å². The molecule has 3 fully saturated rings. The number of rotatable bonds is 1. The highest BCUT2D eigenvalue weighted by Gasteiger charge is 2.60. The van der Waals surface area contributed by atoms with Crippen molar-refractivity contribution >= 4 is 0 Å². The van der Waals surface area contributed by atoms with E-state index in [2.05, 4.69) is 0 Å². The Balaban J connectivity index is 1.88. The summed E-state index contributed by atoms with van der Waals surface area (Å²) >= 11 is 0. The third-order valence-electron chi connectivity index (χ3n) is 3.57. The third-order valence-corrected chi connectivity index (χ3v) is 3.57. The van der Waals surface area contributed by atoms with Crippen molar-refractivity contribution in [2.75, 3.05) is 0 Å². The van der Waals surface area contributed by atoms with Crippen LogP contribution in [0.5, 0.6) is 0 Å². The minimum atomic E-state index is -0.652. The van der Waals surface area contributed by atoms with Crippen LogP contribution in [0.15, 0.2) is 12.2 Å². The van der Waals surface area contributed by atoms with Gasteiger partial charge in [-0.3, -0.25) is 0 Å². The Hall–Kier alpha value is -0.460. The fourth-order valence-corrected chi connectivity index (χ4v) is 2.99. The predicted molar refractivity (Wildman–Crippen MR) is 67.3 cm³/mol. The maximum atomic E-state index is 6.00. The van der Waals surface area contributed by atoms with Gasteiger partial charge in [-0.1, -0.05) is 12.2 Å². The van der Waals surface area contributed by atoms with E-state index in [0.717, 1.165) is 0 Å². The summed E-state index contributed by atoms with van der Waals surface area (Å²) in [5.41, 5.74) is 0. The van der Waals surface area contributed by atoms with E-state index >= 15 is 0 Å². The molecule has 0 aliphatic carbocycles. The van der Waals surface area contributed by atoms with Gasteiger partial charge in [-0.2, -0.15) is 0 Å². The highest BCUT2D eigenvalue weighted by molar-refractivity contribution is 5.06.